The second kappa shape index (κ2) is 5.52. The molecule has 5 N–H and O–H groups in total. The lowest BCUT2D eigenvalue weighted by Gasteiger charge is -2.10. The van der Waals surface area contributed by atoms with Crippen LogP contribution in [-0.4, -0.2) is 25.7 Å². The molecular weight excluding hydrogens is 282 g/mol. The van der Waals surface area contributed by atoms with E-state index in [4.69, 9.17) is 11.5 Å². The number of hydrogen-bond acceptors (Lipinski definition) is 6. The molecule has 0 aliphatic heterocycles. The molecule has 3 rings (SSSR count). The molecule has 22 heavy (non-hydrogen) atoms. The van der Waals surface area contributed by atoms with Gasteiger partial charge in [-0.1, -0.05) is 6.07 Å². The van der Waals surface area contributed by atoms with Gasteiger partial charge in [0.25, 0.3) is 5.91 Å². The molecule has 0 bridgehead atoms. The van der Waals surface area contributed by atoms with Crippen molar-refractivity contribution in [3.8, 4) is 5.69 Å². The molecule has 2 aromatic heterocycles. The Balaban J connectivity index is 1.95. The zero-order valence-electron chi connectivity index (χ0n) is 11.5. The van der Waals surface area contributed by atoms with Crippen molar-refractivity contribution in [1.82, 2.24) is 19.7 Å². The van der Waals surface area contributed by atoms with Crippen molar-refractivity contribution in [3.63, 3.8) is 0 Å². The van der Waals surface area contributed by atoms with Crippen LogP contribution in [0.4, 0.5) is 17.5 Å². The third-order valence-corrected chi connectivity index (χ3v) is 2.95. The molecule has 1 amide bonds. The third kappa shape index (κ3) is 2.70. The Morgan fingerprint density at radius 2 is 2.14 bits per heavy atom. The average Bonchev–Trinajstić information content (AvgIpc) is 3.01. The molecule has 2 heterocycles. The summed E-state index contributed by atoms with van der Waals surface area (Å²) in [5, 5.41) is 7.19. The van der Waals surface area contributed by atoms with Crippen LogP contribution in [0.3, 0.4) is 0 Å². The van der Waals surface area contributed by atoms with Crippen LogP contribution in [0.2, 0.25) is 0 Å². The maximum atomic E-state index is 11.4. The summed E-state index contributed by atoms with van der Waals surface area (Å²) in [6.07, 6.45) is 4.82. The number of hydrogen-bond donors (Lipinski definition) is 3. The van der Waals surface area contributed by atoms with E-state index in [0.717, 1.165) is 5.69 Å². The van der Waals surface area contributed by atoms with Gasteiger partial charge in [0.05, 0.1) is 5.69 Å². The summed E-state index contributed by atoms with van der Waals surface area (Å²) in [6.45, 7) is 0. The molecule has 1 aromatic carbocycles. The summed E-state index contributed by atoms with van der Waals surface area (Å²) in [4.78, 5) is 19.2. The van der Waals surface area contributed by atoms with Gasteiger partial charge in [0.2, 0.25) is 5.95 Å². The largest absolute Gasteiger partial charge is 0.368 e. The van der Waals surface area contributed by atoms with Gasteiger partial charge in [0.15, 0.2) is 0 Å². The Morgan fingerprint density at radius 1 is 1.27 bits per heavy atom. The number of benzene rings is 1. The van der Waals surface area contributed by atoms with Crippen LogP contribution >= 0.6 is 0 Å². The Hall–Kier alpha value is -3.42. The van der Waals surface area contributed by atoms with Crippen molar-refractivity contribution in [3.05, 3.63) is 54.5 Å². The minimum Gasteiger partial charge on any atom is -0.368 e. The first-order chi connectivity index (χ1) is 10.6. The van der Waals surface area contributed by atoms with Crippen LogP contribution in [0, 0.1) is 0 Å². The molecule has 110 valence electrons. The summed E-state index contributed by atoms with van der Waals surface area (Å²) < 4.78 is 1.72. The van der Waals surface area contributed by atoms with Gasteiger partial charge in [-0.05, 0) is 24.3 Å². The summed E-state index contributed by atoms with van der Waals surface area (Å²) in [6, 6.07) is 9.28. The fourth-order valence-corrected chi connectivity index (χ4v) is 1.96. The van der Waals surface area contributed by atoms with Crippen LogP contribution in [0.1, 0.15) is 10.4 Å². The lowest BCUT2D eigenvalue weighted by atomic mass is 10.2. The van der Waals surface area contributed by atoms with Crippen LogP contribution in [0.25, 0.3) is 5.69 Å². The zero-order chi connectivity index (χ0) is 15.5. The highest BCUT2D eigenvalue weighted by atomic mass is 16.1. The number of nitrogens with one attached hydrogen (secondary N) is 1. The molecule has 0 atom stereocenters. The van der Waals surface area contributed by atoms with Crippen molar-refractivity contribution >= 4 is 23.4 Å². The van der Waals surface area contributed by atoms with E-state index in [-0.39, 0.29) is 17.3 Å². The fourth-order valence-electron chi connectivity index (χ4n) is 1.96. The first-order valence-electron chi connectivity index (χ1n) is 6.43. The molecule has 0 radical (unpaired) electrons. The monoisotopic (exact) mass is 295 g/mol. The average molecular weight is 295 g/mol. The van der Waals surface area contributed by atoms with Crippen LogP contribution < -0.4 is 16.8 Å². The molecule has 0 spiro atoms. The number of anilines is 3. The number of rotatable bonds is 4. The van der Waals surface area contributed by atoms with Gasteiger partial charge in [-0.3, -0.25) is 4.79 Å². The number of nitrogens with two attached hydrogens (primary N) is 2. The number of nitrogens with zero attached hydrogens (tertiary/aromatic N) is 4. The van der Waals surface area contributed by atoms with Gasteiger partial charge in [0, 0.05) is 24.3 Å². The van der Waals surface area contributed by atoms with E-state index >= 15 is 0 Å². The SMILES string of the molecule is NC(=O)c1cnc(N)nc1Nc1cccc(-n2cccn2)c1. The van der Waals surface area contributed by atoms with Crippen molar-refractivity contribution in [1.29, 1.82) is 0 Å². The molecule has 0 aliphatic carbocycles. The normalized spacial score (nSPS) is 10.4. The predicted molar refractivity (Wildman–Crippen MR) is 81.8 cm³/mol. The lowest BCUT2D eigenvalue weighted by molar-refractivity contribution is 0.100. The van der Waals surface area contributed by atoms with E-state index in [1.54, 1.807) is 10.9 Å². The molecule has 8 heteroatoms. The Kier molecular flexibility index (Phi) is 3.40. The molecule has 3 aromatic rings. The van der Waals surface area contributed by atoms with Gasteiger partial charge < -0.3 is 16.8 Å². The Labute approximate surface area is 125 Å². The van der Waals surface area contributed by atoms with E-state index in [1.165, 1.54) is 6.20 Å². The second-order valence-corrected chi connectivity index (χ2v) is 4.48. The fraction of sp³-hybridized carbons (Fsp3) is 0. The first kappa shape index (κ1) is 13.6. The Bertz CT molecular complexity index is 814. The minimum absolute atomic E-state index is 0.0516. The molecule has 0 unspecified atom stereocenters. The molecule has 8 nitrogen and oxygen atoms in total. The number of carbonyl (C=O) groups is 1. The van der Waals surface area contributed by atoms with Crippen molar-refractivity contribution in [2.75, 3.05) is 11.1 Å². The first-order valence-corrected chi connectivity index (χ1v) is 6.43. The number of amides is 1. The third-order valence-electron chi connectivity index (χ3n) is 2.95. The maximum Gasteiger partial charge on any atom is 0.254 e. The van der Waals surface area contributed by atoms with Crippen LogP contribution in [0.15, 0.2) is 48.9 Å². The molecule has 0 aliphatic rings. The number of aromatic nitrogens is 4. The molecular formula is C14H13N7O. The van der Waals surface area contributed by atoms with Gasteiger partial charge in [0.1, 0.15) is 11.4 Å². The molecule has 0 fully saturated rings. The van der Waals surface area contributed by atoms with Crippen molar-refractivity contribution in [2.24, 2.45) is 5.73 Å². The highest BCUT2D eigenvalue weighted by Crippen LogP contribution is 2.21. The van der Waals surface area contributed by atoms with E-state index in [2.05, 4.69) is 20.4 Å². The standard InChI is InChI=1S/C14H13N7O/c15-12(22)11-8-17-14(16)20-13(11)19-9-3-1-4-10(7-9)21-6-2-5-18-21/h1-8H,(H2,15,22)(H3,16,17,19,20). The quantitative estimate of drug-likeness (QED) is 0.661. The van der Waals surface area contributed by atoms with Crippen molar-refractivity contribution < 1.29 is 4.79 Å². The van der Waals surface area contributed by atoms with Crippen LogP contribution in [-0.2, 0) is 0 Å². The van der Waals surface area contributed by atoms with Crippen molar-refractivity contribution in [2.45, 2.75) is 0 Å². The number of nitrogen functional groups attached to an aromatic ring is 1. The Morgan fingerprint density at radius 3 is 2.86 bits per heavy atom. The summed E-state index contributed by atoms with van der Waals surface area (Å²) in [5.41, 5.74) is 12.6. The number of carbonyl (C=O) groups excluding carboxylic acids is 1. The highest BCUT2D eigenvalue weighted by Gasteiger charge is 2.11. The second-order valence-electron chi connectivity index (χ2n) is 4.48. The summed E-state index contributed by atoms with van der Waals surface area (Å²) in [7, 11) is 0. The van der Waals surface area contributed by atoms with Gasteiger partial charge in [-0.25, -0.2) is 9.67 Å². The van der Waals surface area contributed by atoms with E-state index in [0.29, 0.717) is 5.69 Å². The predicted octanol–water partition coefficient (Wildman–Crippen LogP) is 1.09. The maximum absolute atomic E-state index is 11.4. The van der Waals surface area contributed by atoms with Gasteiger partial charge in [-0.15, -0.1) is 0 Å². The number of primary amides is 1. The van der Waals surface area contributed by atoms with Gasteiger partial charge in [-0.2, -0.15) is 10.1 Å². The van der Waals surface area contributed by atoms with E-state index in [1.807, 2.05) is 36.5 Å². The molecule has 0 saturated heterocycles. The topological polar surface area (TPSA) is 125 Å². The molecule has 0 saturated carbocycles. The van der Waals surface area contributed by atoms with Gasteiger partial charge >= 0.3 is 0 Å². The lowest BCUT2D eigenvalue weighted by Crippen LogP contribution is -2.15. The minimum atomic E-state index is -0.634. The van der Waals surface area contributed by atoms with Crippen LogP contribution in [0.5, 0.6) is 0 Å². The summed E-state index contributed by atoms with van der Waals surface area (Å²) in [5.74, 6) is -0.320. The summed E-state index contributed by atoms with van der Waals surface area (Å²) >= 11 is 0. The highest BCUT2D eigenvalue weighted by molar-refractivity contribution is 5.98. The smallest absolute Gasteiger partial charge is 0.254 e. The zero-order valence-corrected chi connectivity index (χ0v) is 11.5. The van der Waals surface area contributed by atoms with E-state index in [9.17, 15) is 4.79 Å². The van der Waals surface area contributed by atoms with E-state index < -0.39 is 5.91 Å².